The molecule has 1 aromatic rings. The molecule has 2 aliphatic rings. The molecule has 0 radical (unpaired) electrons. The first-order valence-corrected chi connectivity index (χ1v) is 7.45. The molecule has 1 aliphatic heterocycles. The molecule has 0 bridgehead atoms. The van der Waals surface area contributed by atoms with Crippen LogP contribution in [0.2, 0.25) is 0 Å². The fourth-order valence-corrected chi connectivity index (χ4v) is 3.17. The van der Waals surface area contributed by atoms with Gasteiger partial charge in [-0.3, -0.25) is 4.90 Å². The smallest absolute Gasteiger partial charge is 0.223 e. The SMILES string of the molecule is Cc1nc(C2CN(CCC3CCCC3)CCO2)no1. The maximum Gasteiger partial charge on any atom is 0.223 e. The quantitative estimate of drug-likeness (QED) is 0.836. The van der Waals surface area contributed by atoms with E-state index in [0.717, 1.165) is 25.6 Å². The number of hydrogen-bond acceptors (Lipinski definition) is 5. The van der Waals surface area contributed by atoms with Gasteiger partial charge in [-0.2, -0.15) is 4.98 Å². The molecule has 0 spiro atoms. The van der Waals surface area contributed by atoms with E-state index in [9.17, 15) is 0 Å². The van der Waals surface area contributed by atoms with Crippen molar-refractivity contribution in [1.82, 2.24) is 15.0 Å². The highest BCUT2D eigenvalue weighted by molar-refractivity contribution is 4.93. The van der Waals surface area contributed by atoms with Gasteiger partial charge in [0.15, 0.2) is 0 Å². The Hall–Kier alpha value is -0.940. The van der Waals surface area contributed by atoms with Crippen molar-refractivity contribution >= 4 is 0 Å². The van der Waals surface area contributed by atoms with Crippen LogP contribution >= 0.6 is 0 Å². The van der Waals surface area contributed by atoms with Gasteiger partial charge in [-0.25, -0.2) is 0 Å². The van der Waals surface area contributed by atoms with Crippen molar-refractivity contribution in [2.24, 2.45) is 5.92 Å². The van der Waals surface area contributed by atoms with Gasteiger partial charge in [0.25, 0.3) is 0 Å². The molecule has 0 amide bonds. The normalized spacial score (nSPS) is 26.1. The van der Waals surface area contributed by atoms with Crippen molar-refractivity contribution in [3.8, 4) is 0 Å². The van der Waals surface area contributed by atoms with Crippen LogP contribution in [-0.4, -0.2) is 41.3 Å². The average Bonchev–Trinajstić information content (AvgIpc) is 3.08. The van der Waals surface area contributed by atoms with Gasteiger partial charge in [0, 0.05) is 20.0 Å². The Morgan fingerprint density at radius 2 is 2.16 bits per heavy atom. The zero-order valence-electron chi connectivity index (χ0n) is 11.7. The molecule has 5 nitrogen and oxygen atoms in total. The largest absolute Gasteiger partial charge is 0.367 e. The first-order chi connectivity index (χ1) is 9.31. The van der Waals surface area contributed by atoms with Gasteiger partial charge in [0.1, 0.15) is 6.10 Å². The lowest BCUT2D eigenvalue weighted by Crippen LogP contribution is -2.39. The van der Waals surface area contributed by atoms with E-state index in [1.165, 1.54) is 38.6 Å². The summed E-state index contributed by atoms with van der Waals surface area (Å²) in [5, 5.41) is 3.97. The van der Waals surface area contributed by atoms with E-state index in [1.54, 1.807) is 0 Å². The molecular weight excluding hydrogens is 242 g/mol. The predicted molar refractivity (Wildman–Crippen MR) is 70.7 cm³/mol. The summed E-state index contributed by atoms with van der Waals surface area (Å²) in [6.07, 6.45) is 7.03. The molecule has 0 aromatic carbocycles. The monoisotopic (exact) mass is 265 g/mol. The molecule has 2 heterocycles. The van der Waals surface area contributed by atoms with Crippen molar-refractivity contribution in [1.29, 1.82) is 0 Å². The summed E-state index contributed by atoms with van der Waals surface area (Å²) >= 11 is 0. The second-order valence-corrected chi connectivity index (χ2v) is 5.77. The molecule has 3 rings (SSSR count). The fourth-order valence-electron chi connectivity index (χ4n) is 3.17. The molecule has 1 saturated carbocycles. The molecule has 1 atom stereocenters. The number of nitrogens with zero attached hydrogens (tertiary/aromatic N) is 3. The Morgan fingerprint density at radius 1 is 1.32 bits per heavy atom. The van der Waals surface area contributed by atoms with Crippen LogP contribution in [0.25, 0.3) is 0 Å². The van der Waals surface area contributed by atoms with Gasteiger partial charge < -0.3 is 9.26 Å². The van der Waals surface area contributed by atoms with Gasteiger partial charge >= 0.3 is 0 Å². The second-order valence-electron chi connectivity index (χ2n) is 5.77. The summed E-state index contributed by atoms with van der Waals surface area (Å²) in [6, 6.07) is 0. The minimum absolute atomic E-state index is 0.0187. The van der Waals surface area contributed by atoms with Crippen molar-refractivity contribution in [3.05, 3.63) is 11.7 Å². The van der Waals surface area contributed by atoms with Crippen LogP contribution in [0.5, 0.6) is 0 Å². The molecular formula is C14H23N3O2. The van der Waals surface area contributed by atoms with E-state index in [0.29, 0.717) is 11.7 Å². The van der Waals surface area contributed by atoms with Crippen LogP contribution in [-0.2, 0) is 4.74 Å². The van der Waals surface area contributed by atoms with Crippen LogP contribution < -0.4 is 0 Å². The van der Waals surface area contributed by atoms with Crippen LogP contribution in [0.1, 0.15) is 49.9 Å². The van der Waals surface area contributed by atoms with E-state index < -0.39 is 0 Å². The van der Waals surface area contributed by atoms with Gasteiger partial charge in [-0.05, 0) is 18.9 Å². The molecule has 5 heteroatoms. The Labute approximate surface area is 114 Å². The first-order valence-electron chi connectivity index (χ1n) is 7.45. The third-order valence-corrected chi connectivity index (χ3v) is 4.31. The van der Waals surface area contributed by atoms with E-state index in [4.69, 9.17) is 9.26 Å². The highest BCUT2D eigenvalue weighted by Crippen LogP contribution is 2.28. The van der Waals surface area contributed by atoms with Crippen LogP contribution in [0.15, 0.2) is 4.52 Å². The van der Waals surface area contributed by atoms with Crippen LogP contribution in [0.4, 0.5) is 0 Å². The number of aromatic nitrogens is 2. The maximum atomic E-state index is 5.75. The number of rotatable bonds is 4. The highest BCUT2D eigenvalue weighted by atomic mass is 16.5. The summed E-state index contributed by atoms with van der Waals surface area (Å²) in [4.78, 5) is 6.76. The number of morpholine rings is 1. The molecule has 1 saturated heterocycles. The lowest BCUT2D eigenvalue weighted by molar-refractivity contribution is -0.0364. The Bertz CT molecular complexity index is 401. The minimum atomic E-state index is -0.0187. The highest BCUT2D eigenvalue weighted by Gasteiger charge is 2.26. The Morgan fingerprint density at radius 3 is 2.89 bits per heavy atom. The Kier molecular flexibility index (Phi) is 4.13. The molecule has 1 aromatic heterocycles. The number of aryl methyl sites for hydroxylation is 1. The van der Waals surface area contributed by atoms with Gasteiger partial charge in [-0.15, -0.1) is 0 Å². The molecule has 19 heavy (non-hydrogen) atoms. The van der Waals surface area contributed by atoms with Crippen LogP contribution in [0.3, 0.4) is 0 Å². The van der Waals surface area contributed by atoms with Crippen molar-refractivity contribution < 1.29 is 9.26 Å². The van der Waals surface area contributed by atoms with E-state index in [-0.39, 0.29) is 6.10 Å². The second kappa shape index (κ2) is 6.01. The van der Waals surface area contributed by atoms with E-state index >= 15 is 0 Å². The molecule has 106 valence electrons. The summed E-state index contributed by atoms with van der Waals surface area (Å²) in [6.45, 7) is 5.69. The lowest BCUT2D eigenvalue weighted by Gasteiger charge is -2.32. The topological polar surface area (TPSA) is 51.4 Å². The van der Waals surface area contributed by atoms with Gasteiger partial charge in [0.05, 0.1) is 6.61 Å². The lowest BCUT2D eigenvalue weighted by atomic mass is 10.0. The van der Waals surface area contributed by atoms with Crippen molar-refractivity contribution in [2.45, 2.75) is 45.1 Å². The first kappa shape index (κ1) is 13.1. The summed E-state index contributed by atoms with van der Waals surface area (Å²) < 4.78 is 10.8. The summed E-state index contributed by atoms with van der Waals surface area (Å²) in [7, 11) is 0. The fraction of sp³-hybridized carbons (Fsp3) is 0.857. The maximum absolute atomic E-state index is 5.75. The third-order valence-electron chi connectivity index (χ3n) is 4.31. The average molecular weight is 265 g/mol. The van der Waals surface area contributed by atoms with Gasteiger partial charge in [-0.1, -0.05) is 30.8 Å². The predicted octanol–water partition coefficient (Wildman–Crippen LogP) is 2.33. The summed E-state index contributed by atoms with van der Waals surface area (Å²) in [5.74, 6) is 2.26. The molecule has 1 unspecified atom stereocenters. The zero-order valence-corrected chi connectivity index (χ0v) is 11.7. The third kappa shape index (κ3) is 3.34. The molecule has 0 N–H and O–H groups in total. The standard InChI is InChI=1S/C14H23N3O2/c1-11-15-14(16-19-11)13-10-17(8-9-18-13)7-6-12-4-2-3-5-12/h12-13H,2-10H2,1H3. The summed E-state index contributed by atoms with van der Waals surface area (Å²) in [5.41, 5.74) is 0. The molecule has 2 fully saturated rings. The zero-order chi connectivity index (χ0) is 13.1. The van der Waals surface area contributed by atoms with E-state index in [2.05, 4.69) is 15.0 Å². The minimum Gasteiger partial charge on any atom is -0.367 e. The van der Waals surface area contributed by atoms with Crippen molar-refractivity contribution in [2.75, 3.05) is 26.2 Å². The Balaban J connectivity index is 1.50. The molecule has 1 aliphatic carbocycles. The van der Waals surface area contributed by atoms with Gasteiger partial charge in [0.2, 0.25) is 11.7 Å². The number of ether oxygens (including phenoxy) is 1. The van der Waals surface area contributed by atoms with Crippen LogP contribution in [0, 0.1) is 12.8 Å². The van der Waals surface area contributed by atoms with Crippen molar-refractivity contribution in [3.63, 3.8) is 0 Å². The van der Waals surface area contributed by atoms with E-state index in [1.807, 2.05) is 6.92 Å². The number of hydrogen-bond donors (Lipinski definition) is 0.